The Hall–Kier alpha value is -3.82. The van der Waals surface area contributed by atoms with Crippen molar-refractivity contribution in [1.29, 1.82) is 5.26 Å². The lowest BCUT2D eigenvalue weighted by Gasteiger charge is -2.12. The van der Waals surface area contributed by atoms with Crippen LogP contribution in [0.25, 0.3) is 11.1 Å². The van der Waals surface area contributed by atoms with Gasteiger partial charge in [-0.1, -0.05) is 90.0 Å². The van der Waals surface area contributed by atoms with E-state index in [1.807, 2.05) is 38.1 Å². The van der Waals surface area contributed by atoms with Crippen LogP contribution in [0.4, 0.5) is 0 Å². The summed E-state index contributed by atoms with van der Waals surface area (Å²) in [5.41, 5.74) is 2.38. The number of alkyl halides is 1. The number of ether oxygens (including phenoxy) is 3. The molecule has 0 saturated carbocycles. The van der Waals surface area contributed by atoms with E-state index in [4.69, 9.17) is 25.8 Å². The van der Waals surface area contributed by atoms with Gasteiger partial charge in [-0.3, -0.25) is 4.79 Å². The van der Waals surface area contributed by atoms with Crippen LogP contribution in [0.15, 0.2) is 66.7 Å². The summed E-state index contributed by atoms with van der Waals surface area (Å²) in [6.07, 6.45) is 9.65. The van der Waals surface area contributed by atoms with Gasteiger partial charge in [-0.2, -0.15) is 5.26 Å². The van der Waals surface area contributed by atoms with E-state index in [-0.39, 0.29) is 11.5 Å². The number of carbonyl (C=O) groups excluding carboxylic acids is 2. The molecule has 0 bridgehead atoms. The first kappa shape index (κ1) is 32.7. The van der Waals surface area contributed by atoms with Gasteiger partial charge in [0.2, 0.25) is 0 Å². The minimum Gasteiger partial charge on any atom is -0.492 e. The van der Waals surface area contributed by atoms with Gasteiger partial charge in [0, 0.05) is 0 Å². The molecule has 0 fully saturated rings. The highest BCUT2D eigenvalue weighted by Crippen LogP contribution is 2.26. The molecule has 0 spiro atoms. The van der Waals surface area contributed by atoms with E-state index < -0.39 is 17.3 Å². The summed E-state index contributed by atoms with van der Waals surface area (Å²) in [4.78, 5) is 24.8. The molecule has 3 aromatic carbocycles. The van der Waals surface area contributed by atoms with Crippen LogP contribution in [0.5, 0.6) is 17.2 Å². The quantitative estimate of drug-likeness (QED) is 0.0716. The number of benzene rings is 3. The predicted molar refractivity (Wildman–Crippen MR) is 166 cm³/mol. The van der Waals surface area contributed by atoms with Crippen molar-refractivity contribution in [3.05, 3.63) is 77.9 Å². The highest BCUT2D eigenvalue weighted by molar-refractivity contribution is 6.30. The van der Waals surface area contributed by atoms with Crippen molar-refractivity contribution in [2.45, 2.75) is 77.5 Å². The fourth-order valence-corrected chi connectivity index (χ4v) is 4.37. The van der Waals surface area contributed by atoms with Crippen LogP contribution >= 0.6 is 11.6 Å². The van der Waals surface area contributed by atoms with Crippen molar-refractivity contribution in [2.24, 2.45) is 5.92 Å². The van der Waals surface area contributed by atoms with Crippen LogP contribution < -0.4 is 14.2 Å². The molecule has 0 heterocycles. The molecule has 0 saturated heterocycles. The first-order chi connectivity index (χ1) is 20.3. The summed E-state index contributed by atoms with van der Waals surface area (Å²) in [5.74, 6) is 0.214. The van der Waals surface area contributed by atoms with Gasteiger partial charge in [0.15, 0.2) is 0 Å². The topological polar surface area (TPSA) is 85.6 Å². The number of esters is 2. The van der Waals surface area contributed by atoms with E-state index >= 15 is 0 Å². The molecule has 222 valence electrons. The SMILES string of the molecule is CCCCCCCCCCOc1ccc(C(=O)Oc2ccc(-c3ccc(OC(=O)C(Cl)C(C)C)cc3)cc2)cc1C#N. The second-order valence-corrected chi connectivity index (χ2v) is 11.1. The first-order valence-electron chi connectivity index (χ1n) is 14.8. The number of halogens is 1. The molecule has 0 aliphatic carbocycles. The summed E-state index contributed by atoms with van der Waals surface area (Å²) < 4.78 is 16.7. The minimum absolute atomic E-state index is 0.0257. The molecule has 0 aliphatic rings. The molecule has 0 aromatic heterocycles. The third-order valence-electron chi connectivity index (χ3n) is 6.87. The van der Waals surface area contributed by atoms with E-state index in [0.717, 1.165) is 24.0 Å². The Kier molecular flexibility index (Phi) is 13.4. The highest BCUT2D eigenvalue weighted by atomic mass is 35.5. The predicted octanol–water partition coefficient (Wildman–Crippen LogP) is 9.13. The second-order valence-electron chi connectivity index (χ2n) is 10.7. The molecule has 3 rings (SSSR count). The van der Waals surface area contributed by atoms with Gasteiger partial charge in [0.1, 0.15) is 28.7 Å². The van der Waals surface area contributed by atoms with Gasteiger partial charge in [-0.25, -0.2) is 4.79 Å². The van der Waals surface area contributed by atoms with Crippen LogP contribution in [-0.2, 0) is 4.79 Å². The molecule has 0 N–H and O–H groups in total. The van der Waals surface area contributed by atoms with Gasteiger partial charge in [-0.15, -0.1) is 11.6 Å². The maximum Gasteiger partial charge on any atom is 0.343 e. The molecule has 1 unspecified atom stereocenters. The number of rotatable bonds is 16. The zero-order chi connectivity index (χ0) is 30.3. The van der Waals surface area contributed by atoms with E-state index in [9.17, 15) is 14.9 Å². The Labute approximate surface area is 254 Å². The van der Waals surface area contributed by atoms with Gasteiger partial charge in [0.05, 0.1) is 17.7 Å². The number of nitriles is 1. The van der Waals surface area contributed by atoms with Crippen molar-refractivity contribution < 1.29 is 23.8 Å². The molecule has 0 aliphatic heterocycles. The Balaban J connectivity index is 1.50. The van der Waals surface area contributed by atoms with Crippen molar-refractivity contribution in [2.75, 3.05) is 6.61 Å². The molecule has 6 nitrogen and oxygen atoms in total. The maximum absolute atomic E-state index is 12.8. The van der Waals surface area contributed by atoms with Crippen molar-refractivity contribution in [1.82, 2.24) is 0 Å². The zero-order valence-corrected chi connectivity index (χ0v) is 25.5. The number of hydrogen-bond donors (Lipinski definition) is 0. The van der Waals surface area contributed by atoms with Crippen LogP contribution in [-0.4, -0.2) is 23.9 Å². The highest BCUT2D eigenvalue weighted by Gasteiger charge is 2.21. The Morgan fingerprint density at radius 3 is 1.88 bits per heavy atom. The summed E-state index contributed by atoms with van der Waals surface area (Å²) in [6.45, 7) is 6.48. The molecule has 7 heteroatoms. The lowest BCUT2D eigenvalue weighted by Crippen LogP contribution is -2.25. The van der Waals surface area contributed by atoms with E-state index in [2.05, 4.69) is 13.0 Å². The summed E-state index contributed by atoms with van der Waals surface area (Å²) in [6, 6.07) is 21.1. The monoisotopic (exact) mass is 589 g/mol. The summed E-state index contributed by atoms with van der Waals surface area (Å²) in [5, 5.41) is 8.88. The lowest BCUT2D eigenvalue weighted by atomic mass is 10.1. The van der Waals surface area contributed by atoms with Crippen molar-refractivity contribution in [3.63, 3.8) is 0 Å². The Bertz CT molecular complexity index is 1330. The molecule has 42 heavy (non-hydrogen) atoms. The fraction of sp³-hybridized carbons (Fsp3) is 0.400. The largest absolute Gasteiger partial charge is 0.492 e. The third kappa shape index (κ3) is 10.2. The number of nitrogens with zero attached hydrogens (tertiary/aromatic N) is 1. The molecule has 3 aromatic rings. The van der Waals surface area contributed by atoms with Gasteiger partial charge in [0.25, 0.3) is 0 Å². The van der Waals surface area contributed by atoms with E-state index in [1.54, 1.807) is 36.4 Å². The van der Waals surface area contributed by atoms with Crippen LogP contribution in [0, 0.1) is 17.2 Å². The van der Waals surface area contributed by atoms with E-state index in [0.29, 0.717) is 29.4 Å². The average Bonchev–Trinajstić information content (AvgIpc) is 3.00. The molecule has 1 atom stereocenters. The second kappa shape index (κ2) is 17.2. The van der Waals surface area contributed by atoms with Gasteiger partial charge >= 0.3 is 11.9 Å². The Morgan fingerprint density at radius 1 is 0.786 bits per heavy atom. The van der Waals surface area contributed by atoms with Gasteiger partial charge < -0.3 is 14.2 Å². The number of unbranched alkanes of at least 4 members (excludes halogenated alkanes) is 7. The maximum atomic E-state index is 12.8. The smallest absolute Gasteiger partial charge is 0.343 e. The minimum atomic E-state index is -0.706. The zero-order valence-electron chi connectivity index (χ0n) is 24.7. The molecule has 0 amide bonds. The van der Waals surface area contributed by atoms with Crippen LogP contribution in [0.3, 0.4) is 0 Å². The molecule has 0 radical (unpaired) electrons. The fourth-order valence-electron chi connectivity index (χ4n) is 4.33. The Morgan fingerprint density at radius 2 is 1.33 bits per heavy atom. The van der Waals surface area contributed by atoms with Crippen LogP contribution in [0.1, 0.15) is 88.1 Å². The van der Waals surface area contributed by atoms with Crippen molar-refractivity contribution >= 4 is 23.5 Å². The summed E-state index contributed by atoms with van der Waals surface area (Å²) >= 11 is 6.07. The van der Waals surface area contributed by atoms with Crippen molar-refractivity contribution in [3.8, 4) is 34.4 Å². The average molecular weight is 590 g/mol. The van der Waals surface area contributed by atoms with Crippen LogP contribution in [0.2, 0.25) is 0 Å². The van der Waals surface area contributed by atoms with Gasteiger partial charge in [-0.05, 0) is 65.9 Å². The molecular weight excluding hydrogens is 550 g/mol. The first-order valence-corrected chi connectivity index (χ1v) is 15.2. The summed E-state index contributed by atoms with van der Waals surface area (Å²) in [7, 11) is 0. The standard InChI is InChI=1S/C35H40ClNO5/c1-4-5-6-7-8-9-10-11-22-40-32-21-16-28(23-29(32)24-37)34(38)41-30-17-12-26(13-18-30)27-14-19-31(20-15-27)42-35(39)33(36)25(2)3/h12-21,23,25,33H,4-11,22H2,1-3H3. The normalized spacial score (nSPS) is 11.5. The third-order valence-corrected chi connectivity index (χ3v) is 7.55. The van der Waals surface area contributed by atoms with E-state index in [1.165, 1.54) is 44.6 Å². The number of carbonyl (C=O) groups is 2. The lowest BCUT2D eigenvalue weighted by molar-refractivity contribution is -0.134. The number of hydrogen-bond acceptors (Lipinski definition) is 6. The molecular formula is C35H40ClNO5.